The summed E-state index contributed by atoms with van der Waals surface area (Å²) in [6.07, 6.45) is 17.6. The molecule has 0 amide bonds. The first-order valence-corrected chi connectivity index (χ1v) is 9.86. The van der Waals surface area contributed by atoms with Crippen LogP contribution < -0.4 is 0 Å². The predicted octanol–water partition coefficient (Wildman–Crippen LogP) is 6.50. The van der Waals surface area contributed by atoms with E-state index in [0.29, 0.717) is 0 Å². The van der Waals surface area contributed by atoms with E-state index in [4.69, 9.17) is 11.6 Å². The Morgan fingerprint density at radius 3 is 2.36 bits per heavy atom. The number of nitrogens with zero attached hydrogens (tertiary/aromatic N) is 2. The van der Waals surface area contributed by atoms with Gasteiger partial charge in [0.15, 0.2) is 5.82 Å². The number of allylic oxidation sites excluding steroid dienone is 2. The molecule has 0 unspecified atom stereocenters. The largest absolute Gasteiger partial charge is 0.236 e. The van der Waals surface area contributed by atoms with Crippen LogP contribution in [0.25, 0.3) is 11.4 Å². The van der Waals surface area contributed by atoms with E-state index >= 15 is 0 Å². The maximum absolute atomic E-state index is 5.93. The van der Waals surface area contributed by atoms with Crippen LogP contribution in [-0.4, -0.2) is 9.97 Å². The Labute approximate surface area is 156 Å². The zero-order valence-corrected chi connectivity index (χ0v) is 15.8. The Hall–Kier alpha value is -1.67. The Bertz CT molecular complexity index is 668. The number of rotatable bonds is 6. The quantitative estimate of drug-likeness (QED) is 0.553. The molecule has 1 aliphatic carbocycles. The molecule has 0 spiro atoms. The predicted molar refractivity (Wildman–Crippen MR) is 106 cm³/mol. The molecule has 2 nitrogen and oxygen atoms in total. The van der Waals surface area contributed by atoms with Crippen LogP contribution in [0.15, 0.2) is 48.8 Å². The number of aryl methyl sites for hydroxylation is 1. The summed E-state index contributed by atoms with van der Waals surface area (Å²) in [6, 6.07) is 7.67. The standard InChI is InChI=1S/C22H27ClN2/c1-2-3-4-17-5-7-18(8-6-17)9-10-19-15-24-22(25-16-19)20-11-13-21(23)14-12-20/h3-4,11-18H,2,5-10H2,1H3/b4-3+/t17-,18-. The number of hydrogen-bond acceptors (Lipinski definition) is 2. The summed E-state index contributed by atoms with van der Waals surface area (Å²) in [5.41, 5.74) is 2.25. The minimum atomic E-state index is 0.736. The average Bonchev–Trinajstić information content (AvgIpc) is 2.67. The van der Waals surface area contributed by atoms with Crippen molar-refractivity contribution in [2.75, 3.05) is 0 Å². The fraction of sp³-hybridized carbons (Fsp3) is 0.455. The summed E-state index contributed by atoms with van der Waals surface area (Å²) in [5.74, 6) is 2.45. The van der Waals surface area contributed by atoms with Gasteiger partial charge in [0.25, 0.3) is 0 Å². The van der Waals surface area contributed by atoms with E-state index in [9.17, 15) is 0 Å². The second-order valence-corrected chi connectivity index (χ2v) is 7.51. The first kappa shape index (κ1) is 18.1. The molecule has 0 radical (unpaired) electrons. The lowest BCUT2D eigenvalue weighted by atomic mass is 9.79. The van der Waals surface area contributed by atoms with Crippen molar-refractivity contribution in [3.8, 4) is 11.4 Å². The average molecular weight is 355 g/mol. The van der Waals surface area contributed by atoms with Crippen LogP contribution in [0.3, 0.4) is 0 Å². The van der Waals surface area contributed by atoms with Crippen molar-refractivity contribution in [2.45, 2.75) is 51.9 Å². The molecular weight excluding hydrogens is 328 g/mol. The van der Waals surface area contributed by atoms with Crippen LogP contribution >= 0.6 is 11.6 Å². The molecule has 0 N–H and O–H groups in total. The number of hydrogen-bond donors (Lipinski definition) is 0. The van der Waals surface area contributed by atoms with Crippen molar-refractivity contribution in [3.05, 3.63) is 59.4 Å². The third-order valence-electron chi connectivity index (χ3n) is 5.18. The van der Waals surface area contributed by atoms with Crippen molar-refractivity contribution in [2.24, 2.45) is 11.8 Å². The summed E-state index contributed by atoms with van der Waals surface area (Å²) in [6.45, 7) is 2.21. The smallest absolute Gasteiger partial charge is 0.159 e. The third-order valence-corrected chi connectivity index (χ3v) is 5.44. The molecule has 25 heavy (non-hydrogen) atoms. The molecule has 1 heterocycles. The molecule has 1 aromatic heterocycles. The molecule has 0 saturated heterocycles. The highest BCUT2D eigenvalue weighted by Gasteiger charge is 2.19. The first-order valence-electron chi connectivity index (χ1n) is 9.48. The number of aromatic nitrogens is 2. The van der Waals surface area contributed by atoms with Crippen LogP contribution in [0.1, 0.15) is 51.0 Å². The van der Waals surface area contributed by atoms with Gasteiger partial charge < -0.3 is 0 Å². The van der Waals surface area contributed by atoms with Crippen molar-refractivity contribution in [3.63, 3.8) is 0 Å². The van der Waals surface area contributed by atoms with Gasteiger partial charge in [0.1, 0.15) is 0 Å². The molecule has 1 aromatic carbocycles. The fourth-order valence-corrected chi connectivity index (χ4v) is 3.73. The van der Waals surface area contributed by atoms with Crippen molar-refractivity contribution >= 4 is 11.6 Å². The lowest BCUT2D eigenvalue weighted by molar-refractivity contribution is 0.296. The zero-order chi connectivity index (χ0) is 17.5. The van der Waals surface area contributed by atoms with Crippen LogP contribution in [-0.2, 0) is 6.42 Å². The van der Waals surface area contributed by atoms with Gasteiger partial charge >= 0.3 is 0 Å². The second-order valence-electron chi connectivity index (χ2n) is 7.08. The van der Waals surface area contributed by atoms with Crippen LogP contribution in [0, 0.1) is 11.8 Å². The van der Waals surface area contributed by atoms with E-state index < -0.39 is 0 Å². The van der Waals surface area contributed by atoms with Crippen molar-refractivity contribution < 1.29 is 0 Å². The second kappa shape index (κ2) is 9.15. The molecule has 132 valence electrons. The summed E-state index contributed by atoms with van der Waals surface area (Å²) in [7, 11) is 0. The van der Waals surface area contributed by atoms with E-state index in [-0.39, 0.29) is 0 Å². The van der Waals surface area contributed by atoms with Crippen molar-refractivity contribution in [1.29, 1.82) is 0 Å². The highest BCUT2D eigenvalue weighted by Crippen LogP contribution is 2.32. The summed E-state index contributed by atoms with van der Waals surface area (Å²) >= 11 is 5.93. The summed E-state index contributed by atoms with van der Waals surface area (Å²) in [4.78, 5) is 9.05. The molecule has 1 fully saturated rings. The van der Waals surface area contributed by atoms with Crippen LogP contribution in [0.4, 0.5) is 0 Å². The topological polar surface area (TPSA) is 25.8 Å². The van der Waals surface area contributed by atoms with Crippen molar-refractivity contribution in [1.82, 2.24) is 9.97 Å². The van der Waals surface area contributed by atoms with Gasteiger partial charge in [0, 0.05) is 23.0 Å². The number of benzene rings is 1. The minimum Gasteiger partial charge on any atom is -0.236 e. The normalized spacial score (nSPS) is 20.9. The fourth-order valence-electron chi connectivity index (χ4n) is 3.60. The maximum atomic E-state index is 5.93. The van der Waals surface area contributed by atoms with E-state index in [1.807, 2.05) is 36.7 Å². The van der Waals surface area contributed by atoms with E-state index in [2.05, 4.69) is 29.0 Å². The van der Waals surface area contributed by atoms with Gasteiger partial charge in [-0.1, -0.05) is 30.7 Å². The van der Waals surface area contributed by atoms with Gasteiger partial charge in [-0.3, -0.25) is 0 Å². The van der Waals surface area contributed by atoms with E-state index in [0.717, 1.165) is 41.1 Å². The van der Waals surface area contributed by atoms with Crippen LogP contribution in [0.2, 0.25) is 5.02 Å². The molecule has 1 saturated carbocycles. The Morgan fingerprint density at radius 1 is 1.04 bits per heavy atom. The van der Waals surface area contributed by atoms with Crippen LogP contribution in [0.5, 0.6) is 0 Å². The zero-order valence-electron chi connectivity index (χ0n) is 15.0. The SMILES string of the molecule is CC/C=C/[C@H]1CC[C@H](CCc2cnc(-c3ccc(Cl)cc3)nc2)CC1. The molecular formula is C22H27ClN2. The Morgan fingerprint density at radius 2 is 1.72 bits per heavy atom. The maximum Gasteiger partial charge on any atom is 0.159 e. The van der Waals surface area contributed by atoms with Gasteiger partial charge in [0.05, 0.1) is 0 Å². The first-order chi connectivity index (χ1) is 12.2. The molecule has 0 atom stereocenters. The van der Waals surface area contributed by atoms with Gasteiger partial charge in [-0.05, 0) is 86.6 Å². The molecule has 3 heteroatoms. The lowest BCUT2D eigenvalue weighted by Crippen LogP contribution is -2.13. The highest BCUT2D eigenvalue weighted by atomic mass is 35.5. The monoisotopic (exact) mass is 354 g/mol. The molecule has 1 aliphatic rings. The van der Waals surface area contributed by atoms with E-state index in [1.54, 1.807) is 0 Å². The van der Waals surface area contributed by atoms with Gasteiger partial charge in [-0.2, -0.15) is 0 Å². The van der Waals surface area contributed by atoms with Gasteiger partial charge in [0.2, 0.25) is 0 Å². The number of halogens is 1. The van der Waals surface area contributed by atoms with Gasteiger partial charge in [-0.15, -0.1) is 0 Å². The highest BCUT2D eigenvalue weighted by molar-refractivity contribution is 6.30. The minimum absolute atomic E-state index is 0.736. The molecule has 3 rings (SSSR count). The lowest BCUT2D eigenvalue weighted by Gasteiger charge is -2.26. The Balaban J connectivity index is 1.48. The molecule has 0 aliphatic heterocycles. The summed E-state index contributed by atoms with van der Waals surface area (Å²) < 4.78 is 0. The third kappa shape index (κ3) is 5.40. The Kier molecular flexibility index (Phi) is 6.63. The molecule has 2 aromatic rings. The molecule has 0 bridgehead atoms. The van der Waals surface area contributed by atoms with E-state index in [1.165, 1.54) is 37.7 Å². The summed E-state index contributed by atoms with van der Waals surface area (Å²) in [5, 5.41) is 0.736. The van der Waals surface area contributed by atoms with Gasteiger partial charge in [-0.25, -0.2) is 9.97 Å².